The molecule has 1 saturated carbocycles. The standard InChI is InChI=1S/C15H19F3N2O3S/c16-15(17,18)14(21)19-10-9-11-5-7-13(8-6-11)24(22,23)20-12-3-1-2-4-12/h5-8,12,20H,1-4,9-10H2,(H,19,21). The van der Waals surface area contributed by atoms with Gasteiger partial charge in [0.15, 0.2) is 0 Å². The Morgan fingerprint density at radius 3 is 2.25 bits per heavy atom. The van der Waals surface area contributed by atoms with Crippen molar-refractivity contribution >= 4 is 15.9 Å². The number of halogens is 3. The Morgan fingerprint density at radius 1 is 1.12 bits per heavy atom. The third-order valence-electron chi connectivity index (χ3n) is 3.87. The lowest BCUT2D eigenvalue weighted by molar-refractivity contribution is -0.173. The van der Waals surface area contributed by atoms with Crippen molar-refractivity contribution in [2.45, 2.75) is 49.2 Å². The minimum absolute atomic E-state index is 0.0349. The van der Waals surface area contributed by atoms with Crippen molar-refractivity contribution in [1.82, 2.24) is 10.0 Å². The quantitative estimate of drug-likeness (QED) is 0.812. The zero-order valence-electron chi connectivity index (χ0n) is 12.9. The second kappa shape index (κ2) is 7.52. The largest absolute Gasteiger partial charge is 0.471 e. The van der Waals surface area contributed by atoms with E-state index in [1.54, 1.807) is 5.32 Å². The third kappa shape index (κ3) is 5.20. The van der Waals surface area contributed by atoms with Crippen LogP contribution in [0.1, 0.15) is 31.2 Å². The van der Waals surface area contributed by atoms with Crippen LogP contribution in [0.5, 0.6) is 0 Å². The minimum Gasteiger partial charge on any atom is -0.348 e. The number of benzene rings is 1. The van der Waals surface area contributed by atoms with Gasteiger partial charge in [0.2, 0.25) is 10.0 Å². The molecule has 0 saturated heterocycles. The molecule has 0 radical (unpaired) electrons. The molecule has 2 rings (SSSR count). The Bertz CT molecular complexity index is 666. The predicted octanol–water partition coefficient (Wildman–Crippen LogP) is 2.13. The fourth-order valence-corrected chi connectivity index (χ4v) is 3.89. The SMILES string of the molecule is O=C(NCCc1ccc(S(=O)(=O)NC2CCCC2)cc1)C(F)(F)F. The normalized spacial score (nSPS) is 16.3. The van der Waals surface area contributed by atoms with Crippen molar-refractivity contribution in [3.8, 4) is 0 Å². The van der Waals surface area contributed by atoms with Crippen LogP contribution in [0.4, 0.5) is 13.2 Å². The van der Waals surface area contributed by atoms with E-state index in [-0.39, 0.29) is 23.9 Å². The van der Waals surface area contributed by atoms with E-state index in [1.807, 2.05) is 0 Å². The van der Waals surface area contributed by atoms with Gasteiger partial charge in [0.25, 0.3) is 0 Å². The lowest BCUT2D eigenvalue weighted by Crippen LogP contribution is -2.37. The van der Waals surface area contributed by atoms with Crippen LogP contribution in [0.15, 0.2) is 29.2 Å². The Labute approximate surface area is 138 Å². The first-order chi connectivity index (χ1) is 11.2. The summed E-state index contributed by atoms with van der Waals surface area (Å²) < 4.78 is 63.2. The number of hydrogen-bond acceptors (Lipinski definition) is 3. The molecule has 2 N–H and O–H groups in total. The van der Waals surface area contributed by atoms with Crippen LogP contribution in [-0.4, -0.2) is 33.1 Å². The summed E-state index contributed by atoms with van der Waals surface area (Å²) in [6.07, 6.45) is -1.04. The van der Waals surface area contributed by atoms with Gasteiger partial charge in [-0.05, 0) is 37.0 Å². The summed E-state index contributed by atoms with van der Waals surface area (Å²) in [5, 5.41) is 1.77. The molecule has 9 heteroatoms. The van der Waals surface area contributed by atoms with Gasteiger partial charge in [-0.3, -0.25) is 4.79 Å². The van der Waals surface area contributed by atoms with Crippen LogP contribution in [0.3, 0.4) is 0 Å². The predicted molar refractivity (Wildman–Crippen MR) is 81.8 cm³/mol. The van der Waals surface area contributed by atoms with Crippen LogP contribution < -0.4 is 10.0 Å². The molecule has 1 aliphatic rings. The van der Waals surface area contributed by atoms with E-state index < -0.39 is 22.1 Å². The highest BCUT2D eigenvalue weighted by molar-refractivity contribution is 7.89. The summed E-state index contributed by atoms with van der Waals surface area (Å²) in [6.45, 7) is -0.176. The molecular formula is C15H19F3N2O3S. The first-order valence-electron chi connectivity index (χ1n) is 7.65. The van der Waals surface area contributed by atoms with Crippen LogP contribution in [-0.2, 0) is 21.2 Å². The lowest BCUT2D eigenvalue weighted by Gasteiger charge is -2.13. The molecule has 5 nitrogen and oxygen atoms in total. The second-order valence-electron chi connectivity index (χ2n) is 5.75. The van der Waals surface area contributed by atoms with Gasteiger partial charge in [-0.25, -0.2) is 13.1 Å². The fourth-order valence-electron chi connectivity index (χ4n) is 2.59. The molecule has 1 aliphatic carbocycles. The van der Waals surface area contributed by atoms with Gasteiger partial charge < -0.3 is 5.32 Å². The number of carbonyl (C=O) groups is 1. The number of hydrogen-bond donors (Lipinski definition) is 2. The molecule has 0 heterocycles. The average molecular weight is 364 g/mol. The van der Waals surface area contributed by atoms with E-state index in [9.17, 15) is 26.4 Å². The van der Waals surface area contributed by atoms with E-state index in [0.717, 1.165) is 25.7 Å². The molecule has 0 bridgehead atoms. The molecule has 0 atom stereocenters. The van der Waals surface area contributed by atoms with Gasteiger partial charge >= 0.3 is 12.1 Å². The zero-order valence-corrected chi connectivity index (χ0v) is 13.7. The molecule has 1 fully saturated rings. The summed E-state index contributed by atoms with van der Waals surface area (Å²) in [5.41, 5.74) is 0.636. The molecule has 0 unspecified atom stereocenters. The highest BCUT2D eigenvalue weighted by Crippen LogP contribution is 2.20. The highest BCUT2D eigenvalue weighted by atomic mass is 32.2. The van der Waals surface area contributed by atoms with Crippen molar-refractivity contribution in [1.29, 1.82) is 0 Å². The monoisotopic (exact) mass is 364 g/mol. The molecule has 0 spiro atoms. The molecule has 0 aromatic heterocycles. The molecule has 1 aromatic carbocycles. The average Bonchev–Trinajstić information content (AvgIpc) is 2.99. The maximum Gasteiger partial charge on any atom is 0.471 e. The maximum atomic E-state index is 12.2. The number of nitrogens with one attached hydrogen (secondary N) is 2. The number of amides is 1. The van der Waals surface area contributed by atoms with E-state index in [1.165, 1.54) is 24.3 Å². The Morgan fingerprint density at radius 2 is 1.71 bits per heavy atom. The lowest BCUT2D eigenvalue weighted by atomic mass is 10.1. The van der Waals surface area contributed by atoms with Crippen molar-refractivity contribution in [2.75, 3.05) is 6.54 Å². The van der Waals surface area contributed by atoms with Crippen LogP contribution >= 0.6 is 0 Å². The van der Waals surface area contributed by atoms with Crippen LogP contribution in [0, 0.1) is 0 Å². The summed E-state index contributed by atoms with van der Waals surface area (Å²) in [7, 11) is -3.58. The molecule has 1 amide bonds. The zero-order chi connectivity index (χ0) is 17.8. The number of alkyl halides is 3. The minimum atomic E-state index is -4.90. The van der Waals surface area contributed by atoms with Crippen molar-refractivity contribution in [3.05, 3.63) is 29.8 Å². The first kappa shape index (κ1) is 18.7. The second-order valence-corrected chi connectivity index (χ2v) is 7.46. The van der Waals surface area contributed by atoms with Crippen molar-refractivity contribution in [2.24, 2.45) is 0 Å². The fraction of sp³-hybridized carbons (Fsp3) is 0.533. The number of sulfonamides is 1. The van der Waals surface area contributed by atoms with E-state index >= 15 is 0 Å². The van der Waals surface area contributed by atoms with Gasteiger partial charge in [0.05, 0.1) is 4.90 Å². The first-order valence-corrected chi connectivity index (χ1v) is 9.13. The van der Waals surface area contributed by atoms with Gasteiger partial charge in [-0.2, -0.15) is 13.2 Å². The van der Waals surface area contributed by atoms with E-state index in [2.05, 4.69) is 4.72 Å². The highest BCUT2D eigenvalue weighted by Gasteiger charge is 2.38. The molecule has 1 aromatic rings. The molecule has 0 aliphatic heterocycles. The Hall–Kier alpha value is -1.61. The van der Waals surface area contributed by atoms with E-state index in [0.29, 0.717) is 5.56 Å². The van der Waals surface area contributed by atoms with Gasteiger partial charge in [0, 0.05) is 12.6 Å². The van der Waals surface area contributed by atoms with Crippen LogP contribution in [0.25, 0.3) is 0 Å². The number of carbonyl (C=O) groups excluding carboxylic acids is 1. The van der Waals surface area contributed by atoms with Gasteiger partial charge in [-0.15, -0.1) is 0 Å². The Balaban J connectivity index is 1.89. The number of rotatable bonds is 6. The maximum absolute atomic E-state index is 12.2. The van der Waals surface area contributed by atoms with Crippen LogP contribution in [0.2, 0.25) is 0 Å². The molecule has 134 valence electrons. The third-order valence-corrected chi connectivity index (χ3v) is 5.40. The van der Waals surface area contributed by atoms with E-state index in [4.69, 9.17) is 0 Å². The smallest absolute Gasteiger partial charge is 0.348 e. The summed E-state index contributed by atoms with van der Waals surface area (Å²) >= 11 is 0. The molecule has 24 heavy (non-hydrogen) atoms. The topological polar surface area (TPSA) is 75.3 Å². The van der Waals surface area contributed by atoms with Gasteiger partial charge in [0.1, 0.15) is 0 Å². The summed E-state index contributed by atoms with van der Waals surface area (Å²) in [6, 6.07) is 5.86. The van der Waals surface area contributed by atoms with Crippen molar-refractivity contribution in [3.63, 3.8) is 0 Å². The molecular weight excluding hydrogens is 345 g/mol. The van der Waals surface area contributed by atoms with Gasteiger partial charge in [-0.1, -0.05) is 25.0 Å². The summed E-state index contributed by atoms with van der Waals surface area (Å²) in [4.78, 5) is 10.8. The van der Waals surface area contributed by atoms with Crippen molar-refractivity contribution < 1.29 is 26.4 Å². The Kier molecular flexibility index (Phi) is 5.87. The summed E-state index contributed by atoms with van der Waals surface area (Å²) in [5.74, 6) is -1.98.